The fourth-order valence-corrected chi connectivity index (χ4v) is 5.43. The van der Waals surface area contributed by atoms with Crippen molar-refractivity contribution >= 4 is 22.8 Å². The average Bonchev–Trinajstić information content (AvgIpc) is 3.64. The minimum absolute atomic E-state index is 0.250. The smallest absolute Gasteiger partial charge is 0.296 e. The Hall–Kier alpha value is -2.85. The van der Waals surface area contributed by atoms with E-state index in [2.05, 4.69) is 14.8 Å². The highest BCUT2D eigenvalue weighted by molar-refractivity contribution is 5.78. The third kappa shape index (κ3) is 4.76. The van der Waals surface area contributed by atoms with E-state index in [0.29, 0.717) is 61.1 Å². The molecule has 0 amide bonds. The van der Waals surface area contributed by atoms with Crippen molar-refractivity contribution in [1.82, 2.24) is 19.5 Å². The Kier molecular flexibility index (Phi) is 6.47. The summed E-state index contributed by atoms with van der Waals surface area (Å²) in [7, 11) is 0. The number of ether oxygens (including phenoxy) is 1. The Morgan fingerprint density at radius 1 is 1.00 bits per heavy atom. The molecule has 3 fully saturated rings. The van der Waals surface area contributed by atoms with E-state index in [1.807, 2.05) is 24.3 Å². The zero-order valence-electron chi connectivity index (χ0n) is 20.4. The van der Waals surface area contributed by atoms with Crippen molar-refractivity contribution in [3.05, 3.63) is 36.2 Å². The second-order valence-corrected chi connectivity index (χ2v) is 10.2. The largest absolute Gasteiger partial charge is 0.378 e. The van der Waals surface area contributed by atoms with Crippen LogP contribution in [-0.4, -0.2) is 64.5 Å². The molecule has 6 rings (SSSR count). The summed E-state index contributed by atoms with van der Waals surface area (Å²) >= 11 is 0. The van der Waals surface area contributed by atoms with Gasteiger partial charge in [0.1, 0.15) is 11.6 Å². The maximum atomic E-state index is 14.2. The second kappa shape index (κ2) is 9.89. The highest BCUT2D eigenvalue weighted by Gasteiger charge is 2.32. The lowest BCUT2D eigenvalue weighted by atomic mass is 9.90. The third-order valence-electron chi connectivity index (χ3n) is 7.62. The first-order chi connectivity index (χ1) is 17.6. The molecule has 0 atom stereocenters. The summed E-state index contributed by atoms with van der Waals surface area (Å²) in [5.41, 5.74) is 7.35. The van der Waals surface area contributed by atoms with Gasteiger partial charge in [-0.3, -0.25) is 4.57 Å². The van der Waals surface area contributed by atoms with Gasteiger partial charge < -0.3 is 20.3 Å². The summed E-state index contributed by atoms with van der Waals surface area (Å²) in [6.07, 6.45) is 3.71. The summed E-state index contributed by atoms with van der Waals surface area (Å²) < 4.78 is 35.4. The van der Waals surface area contributed by atoms with E-state index in [4.69, 9.17) is 20.4 Å². The lowest BCUT2D eigenvalue weighted by Gasteiger charge is -2.38. The number of nitrogens with zero attached hydrogens (tertiary/aromatic N) is 6. The van der Waals surface area contributed by atoms with Crippen LogP contribution >= 0.6 is 0 Å². The van der Waals surface area contributed by atoms with Gasteiger partial charge in [0.05, 0.1) is 24.2 Å². The predicted octanol–water partition coefficient (Wildman–Crippen LogP) is 4.08. The average molecular weight is 498 g/mol. The number of para-hydroxylation sites is 2. The van der Waals surface area contributed by atoms with Gasteiger partial charge in [0.15, 0.2) is 5.82 Å². The van der Waals surface area contributed by atoms with Gasteiger partial charge in [-0.1, -0.05) is 12.1 Å². The number of imidazole rings is 1. The summed E-state index contributed by atoms with van der Waals surface area (Å²) in [5.74, 6) is 2.13. The van der Waals surface area contributed by atoms with E-state index in [0.717, 1.165) is 38.0 Å². The van der Waals surface area contributed by atoms with Gasteiger partial charge in [0.2, 0.25) is 5.95 Å². The molecule has 3 heterocycles. The number of hydrogen-bond donors (Lipinski definition) is 1. The van der Waals surface area contributed by atoms with Gasteiger partial charge in [0.25, 0.3) is 6.43 Å². The van der Waals surface area contributed by atoms with Crippen LogP contribution in [0.25, 0.3) is 16.9 Å². The minimum Gasteiger partial charge on any atom is -0.378 e. The van der Waals surface area contributed by atoms with E-state index in [1.54, 1.807) is 6.07 Å². The molecule has 10 heteroatoms. The van der Waals surface area contributed by atoms with Crippen molar-refractivity contribution in [2.75, 3.05) is 42.6 Å². The molecule has 3 aromatic rings. The van der Waals surface area contributed by atoms with Gasteiger partial charge in [-0.25, -0.2) is 13.8 Å². The van der Waals surface area contributed by atoms with Crippen LogP contribution in [0.3, 0.4) is 0 Å². The zero-order valence-corrected chi connectivity index (χ0v) is 20.4. The molecule has 8 nitrogen and oxygen atoms in total. The number of halogens is 2. The standard InChI is InChI=1S/C26H33F2N7O/c27-24(28)25-30-20-3-1-2-4-21(20)35(25)23-15-22(31-26(32-23)33-11-13-36-14-12-33)34(16-17-5-6-17)19-9-7-18(29)8-10-19/h1-4,15,17-19,24H,5-14,16,29H2. The molecule has 3 aliphatic rings. The number of nitrogens with two attached hydrogens (primary N) is 1. The number of aromatic nitrogens is 4. The fourth-order valence-electron chi connectivity index (χ4n) is 5.43. The van der Waals surface area contributed by atoms with Crippen molar-refractivity contribution in [1.29, 1.82) is 0 Å². The van der Waals surface area contributed by atoms with Crippen LogP contribution < -0.4 is 15.5 Å². The van der Waals surface area contributed by atoms with Crippen molar-refractivity contribution < 1.29 is 13.5 Å². The summed E-state index contributed by atoms with van der Waals surface area (Å²) in [5, 5.41) is 0. The highest BCUT2D eigenvalue weighted by Crippen LogP contribution is 2.36. The Balaban J connectivity index is 1.48. The van der Waals surface area contributed by atoms with Crippen molar-refractivity contribution in [2.45, 2.75) is 57.0 Å². The Bertz CT molecular complexity index is 1200. The van der Waals surface area contributed by atoms with Crippen molar-refractivity contribution in [2.24, 2.45) is 11.7 Å². The Morgan fingerprint density at radius 2 is 1.75 bits per heavy atom. The minimum atomic E-state index is -2.73. The van der Waals surface area contributed by atoms with Crippen LogP contribution in [0.1, 0.15) is 50.8 Å². The number of benzene rings is 1. The molecule has 2 saturated carbocycles. The number of rotatable bonds is 7. The quantitative estimate of drug-likeness (QED) is 0.527. The van der Waals surface area contributed by atoms with Gasteiger partial charge in [-0.2, -0.15) is 9.97 Å². The molecule has 2 aliphatic carbocycles. The van der Waals surface area contributed by atoms with E-state index >= 15 is 0 Å². The molecule has 2 aromatic heterocycles. The molecular formula is C26H33F2N7O. The summed E-state index contributed by atoms with van der Waals surface area (Å²) in [4.78, 5) is 18.6. The second-order valence-electron chi connectivity index (χ2n) is 10.2. The molecule has 192 valence electrons. The Labute approximate surface area is 209 Å². The van der Waals surface area contributed by atoms with E-state index in [1.165, 1.54) is 17.4 Å². The first kappa shape index (κ1) is 23.5. The summed E-state index contributed by atoms with van der Waals surface area (Å²) in [6.45, 7) is 3.43. The SMILES string of the molecule is NC1CCC(N(CC2CC2)c2cc(-n3c(C(F)F)nc4ccccc43)nc(N3CCOCC3)n2)CC1. The molecule has 0 spiro atoms. The number of anilines is 2. The Morgan fingerprint density at radius 3 is 2.47 bits per heavy atom. The molecule has 1 aliphatic heterocycles. The van der Waals surface area contributed by atoms with Gasteiger partial charge in [-0.15, -0.1) is 0 Å². The van der Waals surface area contributed by atoms with Gasteiger partial charge in [0, 0.05) is 37.8 Å². The van der Waals surface area contributed by atoms with Gasteiger partial charge in [-0.05, 0) is 56.6 Å². The van der Waals surface area contributed by atoms with E-state index in [-0.39, 0.29) is 11.9 Å². The number of fused-ring (bicyclic) bond motifs is 1. The molecule has 36 heavy (non-hydrogen) atoms. The van der Waals surface area contributed by atoms with E-state index < -0.39 is 6.43 Å². The molecule has 0 unspecified atom stereocenters. The molecule has 1 aromatic carbocycles. The van der Waals surface area contributed by atoms with Crippen LogP contribution in [0.5, 0.6) is 0 Å². The van der Waals surface area contributed by atoms with Crippen LogP contribution in [0.15, 0.2) is 30.3 Å². The van der Waals surface area contributed by atoms with E-state index in [9.17, 15) is 8.78 Å². The maximum Gasteiger partial charge on any atom is 0.296 e. The molecule has 2 N–H and O–H groups in total. The fraction of sp³-hybridized carbons (Fsp3) is 0.577. The van der Waals surface area contributed by atoms with Crippen LogP contribution in [0, 0.1) is 5.92 Å². The van der Waals surface area contributed by atoms with Crippen molar-refractivity contribution in [3.63, 3.8) is 0 Å². The number of alkyl halides is 2. The number of hydrogen-bond acceptors (Lipinski definition) is 7. The first-order valence-electron chi connectivity index (χ1n) is 13.1. The topological polar surface area (TPSA) is 85.3 Å². The zero-order chi connectivity index (χ0) is 24.6. The normalized spacial score (nSPS) is 22.9. The predicted molar refractivity (Wildman–Crippen MR) is 135 cm³/mol. The lowest BCUT2D eigenvalue weighted by molar-refractivity contribution is 0.122. The molecule has 0 bridgehead atoms. The molecule has 1 saturated heterocycles. The van der Waals surface area contributed by atoms with Crippen LogP contribution in [-0.2, 0) is 4.74 Å². The third-order valence-corrected chi connectivity index (χ3v) is 7.62. The molecular weight excluding hydrogens is 464 g/mol. The first-order valence-corrected chi connectivity index (χ1v) is 13.1. The maximum absolute atomic E-state index is 14.2. The lowest BCUT2D eigenvalue weighted by Crippen LogP contribution is -2.43. The highest BCUT2D eigenvalue weighted by atomic mass is 19.3. The summed E-state index contributed by atoms with van der Waals surface area (Å²) in [6, 6.07) is 9.68. The molecule has 0 radical (unpaired) electrons. The van der Waals surface area contributed by atoms with Crippen LogP contribution in [0.4, 0.5) is 20.5 Å². The monoisotopic (exact) mass is 497 g/mol. The number of morpholine rings is 1. The van der Waals surface area contributed by atoms with Crippen LogP contribution in [0.2, 0.25) is 0 Å². The van der Waals surface area contributed by atoms with Gasteiger partial charge >= 0.3 is 0 Å². The van der Waals surface area contributed by atoms with Crippen molar-refractivity contribution in [3.8, 4) is 5.82 Å².